The SMILES string of the molecule is CS(=O)(=O)OCCCCN. The first-order valence-electron chi connectivity index (χ1n) is 3.11. The molecule has 5 heteroatoms. The van der Waals surface area contributed by atoms with Gasteiger partial charge in [0.05, 0.1) is 12.9 Å². The molecule has 0 fully saturated rings. The molecule has 0 radical (unpaired) electrons. The number of hydrogen-bond donors (Lipinski definition) is 1. The van der Waals surface area contributed by atoms with Crippen molar-refractivity contribution in [1.29, 1.82) is 0 Å². The zero-order valence-electron chi connectivity index (χ0n) is 6.04. The van der Waals surface area contributed by atoms with Crippen LogP contribution in [0.3, 0.4) is 0 Å². The molecule has 0 unspecified atom stereocenters. The number of hydrogen-bond acceptors (Lipinski definition) is 4. The first-order valence-corrected chi connectivity index (χ1v) is 4.92. The lowest BCUT2D eigenvalue weighted by Gasteiger charge is -1.98. The Morgan fingerprint density at radius 3 is 2.40 bits per heavy atom. The Morgan fingerprint density at radius 1 is 1.40 bits per heavy atom. The van der Waals surface area contributed by atoms with Crippen LogP contribution in [0.25, 0.3) is 0 Å². The van der Waals surface area contributed by atoms with E-state index in [4.69, 9.17) is 5.73 Å². The van der Waals surface area contributed by atoms with Crippen LogP contribution in [-0.2, 0) is 14.3 Å². The van der Waals surface area contributed by atoms with Crippen molar-refractivity contribution in [2.45, 2.75) is 12.8 Å². The van der Waals surface area contributed by atoms with Gasteiger partial charge in [0, 0.05) is 0 Å². The zero-order valence-corrected chi connectivity index (χ0v) is 6.86. The van der Waals surface area contributed by atoms with E-state index in [1.807, 2.05) is 0 Å². The van der Waals surface area contributed by atoms with Crippen molar-refractivity contribution < 1.29 is 12.6 Å². The van der Waals surface area contributed by atoms with E-state index in [0.29, 0.717) is 13.0 Å². The van der Waals surface area contributed by atoms with E-state index in [1.54, 1.807) is 0 Å². The molecule has 0 spiro atoms. The summed E-state index contributed by atoms with van der Waals surface area (Å²) in [6.07, 6.45) is 2.54. The molecule has 0 amide bonds. The first kappa shape index (κ1) is 9.87. The molecule has 0 aliphatic rings. The molecule has 4 nitrogen and oxygen atoms in total. The minimum absolute atomic E-state index is 0.246. The van der Waals surface area contributed by atoms with Crippen molar-refractivity contribution in [3.8, 4) is 0 Å². The molecule has 0 bridgehead atoms. The second-order valence-electron chi connectivity index (χ2n) is 2.02. The van der Waals surface area contributed by atoms with Crippen LogP contribution in [0.4, 0.5) is 0 Å². The van der Waals surface area contributed by atoms with Crippen molar-refractivity contribution >= 4 is 10.1 Å². The van der Waals surface area contributed by atoms with Crippen LogP contribution in [-0.4, -0.2) is 27.8 Å². The lowest BCUT2D eigenvalue weighted by atomic mass is 10.3. The number of rotatable bonds is 5. The second kappa shape index (κ2) is 4.65. The van der Waals surface area contributed by atoms with Crippen molar-refractivity contribution in [2.75, 3.05) is 19.4 Å². The quantitative estimate of drug-likeness (QED) is 0.451. The summed E-state index contributed by atoms with van der Waals surface area (Å²) in [7, 11) is -3.25. The van der Waals surface area contributed by atoms with Gasteiger partial charge in [-0.2, -0.15) is 8.42 Å². The average molecular weight is 167 g/mol. The van der Waals surface area contributed by atoms with Crippen LogP contribution >= 0.6 is 0 Å². The highest BCUT2D eigenvalue weighted by atomic mass is 32.2. The van der Waals surface area contributed by atoms with Gasteiger partial charge in [-0.05, 0) is 19.4 Å². The molecule has 0 aromatic rings. The van der Waals surface area contributed by atoms with E-state index in [1.165, 1.54) is 0 Å². The summed E-state index contributed by atoms with van der Waals surface area (Å²) in [5.74, 6) is 0. The third-order valence-electron chi connectivity index (χ3n) is 0.896. The van der Waals surface area contributed by atoms with Crippen molar-refractivity contribution in [2.24, 2.45) is 5.73 Å². The highest BCUT2D eigenvalue weighted by molar-refractivity contribution is 7.85. The van der Waals surface area contributed by atoms with Gasteiger partial charge in [0.2, 0.25) is 0 Å². The summed E-state index contributed by atoms with van der Waals surface area (Å²) in [6, 6.07) is 0. The molecule has 0 saturated heterocycles. The lowest BCUT2D eigenvalue weighted by Crippen LogP contribution is -2.06. The van der Waals surface area contributed by atoms with Crippen LogP contribution in [0.1, 0.15) is 12.8 Å². The van der Waals surface area contributed by atoms with E-state index < -0.39 is 10.1 Å². The van der Waals surface area contributed by atoms with Gasteiger partial charge in [-0.3, -0.25) is 4.18 Å². The Balaban J connectivity index is 3.21. The van der Waals surface area contributed by atoms with Crippen LogP contribution in [0.2, 0.25) is 0 Å². The third kappa shape index (κ3) is 7.87. The van der Waals surface area contributed by atoms with Crippen molar-refractivity contribution in [1.82, 2.24) is 0 Å². The molecule has 2 N–H and O–H groups in total. The molecule has 0 aromatic carbocycles. The Labute approximate surface area is 61.5 Å². The summed E-state index contributed by atoms with van der Waals surface area (Å²) in [5.41, 5.74) is 5.17. The van der Waals surface area contributed by atoms with Gasteiger partial charge in [-0.15, -0.1) is 0 Å². The topological polar surface area (TPSA) is 69.4 Å². The second-order valence-corrected chi connectivity index (χ2v) is 3.67. The van der Waals surface area contributed by atoms with E-state index in [2.05, 4.69) is 4.18 Å². The Bertz CT molecular complexity index is 164. The normalized spacial score (nSPS) is 11.8. The predicted octanol–water partition coefficient (Wildman–Crippen LogP) is -0.298. The summed E-state index contributed by atoms with van der Waals surface area (Å²) in [6.45, 7) is 0.823. The fourth-order valence-corrected chi connectivity index (χ4v) is 0.877. The summed E-state index contributed by atoms with van der Waals surface area (Å²) in [5, 5.41) is 0. The van der Waals surface area contributed by atoms with Crippen LogP contribution in [0, 0.1) is 0 Å². The third-order valence-corrected chi connectivity index (χ3v) is 1.49. The van der Waals surface area contributed by atoms with Gasteiger partial charge in [0.25, 0.3) is 10.1 Å². The molecule has 0 saturated carbocycles. The van der Waals surface area contributed by atoms with Gasteiger partial charge in [-0.25, -0.2) is 0 Å². The van der Waals surface area contributed by atoms with E-state index in [0.717, 1.165) is 12.7 Å². The Hall–Kier alpha value is -0.130. The zero-order chi connectivity index (χ0) is 8.04. The monoisotopic (exact) mass is 167 g/mol. The number of unbranched alkanes of at least 4 members (excludes halogenated alkanes) is 1. The summed E-state index contributed by atoms with van der Waals surface area (Å²) >= 11 is 0. The molecule has 0 aromatic heterocycles. The predicted molar refractivity (Wildman–Crippen MR) is 39.1 cm³/mol. The maximum atomic E-state index is 10.3. The Morgan fingerprint density at radius 2 is 2.00 bits per heavy atom. The van der Waals surface area contributed by atoms with Crippen molar-refractivity contribution in [3.05, 3.63) is 0 Å². The highest BCUT2D eigenvalue weighted by Crippen LogP contribution is 1.91. The molecule has 62 valence electrons. The average Bonchev–Trinajstić information content (AvgIpc) is 1.78. The van der Waals surface area contributed by atoms with Gasteiger partial charge in [0.1, 0.15) is 0 Å². The molecule has 0 atom stereocenters. The first-order chi connectivity index (χ1) is 4.56. The molecule has 0 aliphatic carbocycles. The van der Waals surface area contributed by atoms with Gasteiger partial charge >= 0.3 is 0 Å². The van der Waals surface area contributed by atoms with Gasteiger partial charge < -0.3 is 5.73 Å². The smallest absolute Gasteiger partial charge is 0.264 e. The molecular formula is C5H13NO3S. The lowest BCUT2D eigenvalue weighted by molar-refractivity contribution is 0.313. The van der Waals surface area contributed by atoms with Crippen LogP contribution in [0.5, 0.6) is 0 Å². The minimum atomic E-state index is -3.25. The minimum Gasteiger partial charge on any atom is -0.330 e. The van der Waals surface area contributed by atoms with E-state index >= 15 is 0 Å². The molecule has 0 rings (SSSR count). The van der Waals surface area contributed by atoms with Gasteiger partial charge in [-0.1, -0.05) is 0 Å². The van der Waals surface area contributed by atoms with E-state index in [9.17, 15) is 8.42 Å². The molecule has 0 aliphatic heterocycles. The maximum Gasteiger partial charge on any atom is 0.264 e. The highest BCUT2D eigenvalue weighted by Gasteiger charge is 1.98. The largest absolute Gasteiger partial charge is 0.330 e. The Kier molecular flexibility index (Phi) is 4.59. The van der Waals surface area contributed by atoms with Crippen LogP contribution < -0.4 is 5.73 Å². The summed E-state index contributed by atoms with van der Waals surface area (Å²) in [4.78, 5) is 0. The fraction of sp³-hybridized carbons (Fsp3) is 1.00. The van der Waals surface area contributed by atoms with Crippen LogP contribution in [0.15, 0.2) is 0 Å². The number of nitrogens with two attached hydrogens (primary N) is 1. The molecular weight excluding hydrogens is 154 g/mol. The van der Waals surface area contributed by atoms with Gasteiger partial charge in [0.15, 0.2) is 0 Å². The maximum absolute atomic E-state index is 10.3. The summed E-state index contributed by atoms with van der Waals surface area (Å²) < 4.78 is 25.1. The molecule has 0 heterocycles. The van der Waals surface area contributed by atoms with E-state index in [-0.39, 0.29) is 6.61 Å². The standard InChI is InChI=1S/C5H13NO3S/c1-10(7,8)9-5-3-2-4-6/h2-6H2,1H3. The fourth-order valence-electron chi connectivity index (χ4n) is 0.457. The van der Waals surface area contributed by atoms with Crippen molar-refractivity contribution in [3.63, 3.8) is 0 Å². The molecule has 10 heavy (non-hydrogen) atoms.